The van der Waals surface area contributed by atoms with Gasteiger partial charge in [0.1, 0.15) is 5.75 Å². The standard InChI is InChI=1S/C18H24N2O/c1-4-6-14-7-9-15(10-8-14)18(20-5-2)16-11-12-19-13-17(16)21-3/h7-13,18,20H,4-6H2,1-3H3. The summed E-state index contributed by atoms with van der Waals surface area (Å²) in [7, 11) is 1.69. The molecule has 112 valence electrons. The van der Waals surface area contributed by atoms with Crippen molar-refractivity contribution in [2.75, 3.05) is 13.7 Å². The van der Waals surface area contributed by atoms with Crippen molar-refractivity contribution < 1.29 is 4.74 Å². The van der Waals surface area contributed by atoms with Crippen LogP contribution >= 0.6 is 0 Å². The molecule has 0 radical (unpaired) electrons. The maximum absolute atomic E-state index is 5.45. The number of ether oxygens (including phenoxy) is 1. The Hall–Kier alpha value is -1.87. The van der Waals surface area contributed by atoms with Gasteiger partial charge in [-0.3, -0.25) is 4.98 Å². The first-order valence-corrected chi connectivity index (χ1v) is 7.60. The number of hydrogen-bond acceptors (Lipinski definition) is 3. The van der Waals surface area contributed by atoms with Crippen LogP contribution in [0.3, 0.4) is 0 Å². The number of methoxy groups -OCH3 is 1. The average Bonchev–Trinajstić information content (AvgIpc) is 2.54. The minimum atomic E-state index is 0.128. The normalized spacial score (nSPS) is 12.1. The Morgan fingerprint density at radius 3 is 2.52 bits per heavy atom. The summed E-state index contributed by atoms with van der Waals surface area (Å²) in [6.07, 6.45) is 5.89. The number of nitrogens with zero attached hydrogens (tertiary/aromatic N) is 1. The maximum Gasteiger partial charge on any atom is 0.142 e. The highest BCUT2D eigenvalue weighted by molar-refractivity contribution is 5.40. The summed E-state index contributed by atoms with van der Waals surface area (Å²) in [6.45, 7) is 5.22. The summed E-state index contributed by atoms with van der Waals surface area (Å²) in [5.41, 5.74) is 3.76. The third-order valence-electron chi connectivity index (χ3n) is 3.61. The van der Waals surface area contributed by atoms with Crippen molar-refractivity contribution in [1.82, 2.24) is 10.3 Å². The molecule has 1 aromatic heterocycles. The van der Waals surface area contributed by atoms with Gasteiger partial charge in [0.15, 0.2) is 0 Å². The van der Waals surface area contributed by atoms with Gasteiger partial charge >= 0.3 is 0 Å². The lowest BCUT2D eigenvalue weighted by atomic mass is 9.97. The van der Waals surface area contributed by atoms with E-state index in [1.54, 1.807) is 13.3 Å². The number of hydrogen-bond donors (Lipinski definition) is 1. The first-order chi connectivity index (χ1) is 10.3. The SMILES string of the molecule is CCCc1ccc(C(NCC)c2ccncc2OC)cc1. The molecule has 0 saturated heterocycles. The van der Waals surface area contributed by atoms with E-state index in [9.17, 15) is 0 Å². The second-order valence-electron chi connectivity index (χ2n) is 5.10. The van der Waals surface area contributed by atoms with Gasteiger partial charge in [0.25, 0.3) is 0 Å². The van der Waals surface area contributed by atoms with Gasteiger partial charge in [-0.15, -0.1) is 0 Å². The molecule has 0 amide bonds. The first-order valence-electron chi connectivity index (χ1n) is 7.60. The van der Waals surface area contributed by atoms with Gasteiger partial charge in [0.05, 0.1) is 19.3 Å². The Bertz CT molecular complexity index is 551. The van der Waals surface area contributed by atoms with Crippen LogP contribution < -0.4 is 10.1 Å². The van der Waals surface area contributed by atoms with Gasteiger partial charge in [0.2, 0.25) is 0 Å². The van der Waals surface area contributed by atoms with E-state index in [4.69, 9.17) is 4.74 Å². The van der Waals surface area contributed by atoms with Crippen molar-refractivity contribution >= 4 is 0 Å². The molecule has 0 spiro atoms. The van der Waals surface area contributed by atoms with Gasteiger partial charge < -0.3 is 10.1 Å². The number of aromatic nitrogens is 1. The lowest BCUT2D eigenvalue weighted by Gasteiger charge is -2.21. The van der Waals surface area contributed by atoms with E-state index in [0.717, 1.165) is 24.3 Å². The van der Waals surface area contributed by atoms with Gasteiger partial charge in [0, 0.05) is 11.8 Å². The molecule has 0 saturated carbocycles. The topological polar surface area (TPSA) is 34.2 Å². The quantitative estimate of drug-likeness (QED) is 0.841. The fourth-order valence-electron chi connectivity index (χ4n) is 2.58. The molecule has 1 N–H and O–H groups in total. The monoisotopic (exact) mass is 284 g/mol. The Balaban J connectivity index is 2.33. The van der Waals surface area contributed by atoms with E-state index >= 15 is 0 Å². The van der Waals surface area contributed by atoms with Crippen LogP contribution in [-0.4, -0.2) is 18.6 Å². The zero-order chi connectivity index (χ0) is 15.1. The minimum Gasteiger partial charge on any atom is -0.495 e. The number of rotatable bonds is 7. The lowest BCUT2D eigenvalue weighted by Crippen LogP contribution is -2.22. The van der Waals surface area contributed by atoms with Crippen LogP contribution in [0.5, 0.6) is 5.75 Å². The largest absolute Gasteiger partial charge is 0.495 e. The van der Waals surface area contributed by atoms with Crippen molar-refractivity contribution in [3.63, 3.8) is 0 Å². The van der Waals surface area contributed by atoms with E-state index in [0.29, 0.717) is 0 Å². The Labute approximate surface area is 127 Å². The van der Waals surface area contributed by atoms with E-state index in [1.807, 2.05) is 12.3 Å². The summed E-state index contributed by atoms with van der Waals surface area (Å²) < 4.78 is 5.45. The van der Waals surface area contributed by atoms with Crippen molar-refractivity contribution in [3.8, 4) is 5.75 Å². The molecule has 0 aliphatic carbocycles. The highest BCUT2D eigenvalue weighted by atomic mass is 16.5. The van der Waals surface area contributed by atoms with Crippen LogP contribution in [-0.2, 0) is 6.42 Å². The molecule has 2 aromatic rings. The molecule has 3 heteroatoms. The van der Waals surface area contributed by atoms with Crippen molar-refractivity contribution in [1.29, 1.82) is 0 Å². The molecule has 0 aliphatic heterocycles. The molecule has 0 bridgehead atoms. The number of nitrogens with one attached hydrogen (secondary N) is 1. The van der Waals surface area contributed by atoms with E-state index in [1.165, 1.54) is 17.5 Å². The van der Waals surface area contributed by atoms with E-state index < -0.39 is 0 Å². The molecule has 3 nitrogen and oxygen atoms in total. The molecule has 1 unspecified atom stereocenters. The number of aryl methyl sites for hydroxylation is 1. The second-order valence-corrected chi connectivity index (χ2v) is 5.10. The number of pyridine rings is 1. The molecule has 0 aliphatic rings. The molecule has 1 aromatic carbocycles. The molecule has 21 heavy (non-hydrogen) atoms. The Morgan fingerprint density at radius 2 is 1.90 bits per heavy atom. The summed E-state index contributed by atoms with van der Waals surface area (Å²) in [5, 5.41) is 3.53. The zero-order valence-corrected chi connectivity index (χ0v) is 13.1. The Morgan fingerprint density at radius 1 is 1.14 bits per heavy atom. The highest BCUT2D eigenvalue weighted by Crippen LogP contribution is 2.29. The van der Waals surface area contributed by atoms with Crippen LogP contribution in [0.2, 0.25) is 0 Å². The van der Waals surface area contributed by atoms with Gasteiger partial charge in [-0.2, -0.15) is 0 Å². The molecular formula is C18H24N2O. The van der Waals surface area contributed by atoms with Crippen LogP contribution in [0.15, 0.2) is 42.7 Å². The second kappa shape index (κ2) is 7.79. The summed E-state index contributed by atoms with van der Waals surface area (Å²) in [5.74, 6) is 0.820. The minimum absolute atomic E-state index is 0.128. The third-order valence-corrected chi connectivity index (χ3v) is 3.61. The third kappa shape index (κ3) is 3.82. The molecule has 1 atom stereocenters. The van der Waals surface area contributed by atoms with Crippen LogP contribution in [0.25, 0.3) is 0 Å². The first kappa shape index (κ1) is 15.5. The van der Waals surface area contributed by atoms with Crippen LogP contribution in [0.1, 0.15) is 43.0 Å². The van der Waals surface area contributed by atoms with Gasteiger partial charge in [-0.25, -0.2) is 0 Å². The van der Waals surface area contributed by atoms with Gasteiger partial charge in [-0.05, 0) is 30.2 Å². The van der Waals surface area contributed by atoms with E-state index in [2.05, 4.69) is 48.4 Å². The fourth-order valence-corrected chi connectivity index (χ4v) is 2.58. The summed E-state index contributed by atoms with van der Waals surface area (Å²) in [4.78, 5) is 4.14. The summed E-state index contributed by atoms with van der Waals surface area (Å²) in [6, 6.07) is 11.0. The predicted octanol–water partition coefficient (Wildman–Crippen LogP) is 3.74. The molecular weight excluding hydrogens is 260 g/mol. The van der Waals surface area contributed by atoms with Crippen molar-refractivity contribution in [2.45, 2.75) is 32.7 Å². The number of benzene rings is 1. The summed E-state index contributed by atoms with van der Waals surface area (Å²) >= 11 is 0. The van der Waals surface area contributed by atoms with Crippen LogP contribution in [0.4, 0.5) is 0 Å². The van der Waals surface area contributed by atoms with Gasteiger partial charge in [-0.1, -0.05) is 44.5 Å². The molecule has 0 fully saturated rings. The zero-order valence-electron chi connectivity index (χ0n) is 13.1. The van der Waals surface area contributed by atoms with Crippen molar-refractivity contribution in [2.24, 2.45) is 0 Å². The van der Waals surface area contributed by atoms with E-state index in [-0.39, 0.29) is 6.04 Å². The smallest absolute Gasteiger partial charge is 0.142 e. The fraction of sp³-hybridized carbons (Fsp3) is 0.389. The van der Waals surface area contributed by atoms with Crippen molar-refractivity contribution in [3.05, 3.63) is 59.4 Å². The maximum atomic E-state index is 5.45. The predicted molar refractivity (Wildman–Crippen MR) is 86.7 cm³/mol. The average molecular weight is 284 g/mol. The molecule has 2 rings (SSSR count). The Kier molecular flexibility index (Phi) is 5.76. The highest BCUT2D eigenvalue weighted by Gasteiger charge is 2.17. The molecule has 1 heterocycles. The van der Waals surface area contributed by atoms with Crippen LogP contribution in [0, 0.1) is 0 Å². The lowest BCUT2D eigenvalue weighted by molar-refractivity contribution is 0.402.